The molecular formula is C7H12N2O4. The van der Waals surface area contributed by atoms with Gasteiger partial charge < -0.3 is 21.7 Å². The molecule has 0 amide bonds. The number of aliphatic carboxylic acids is 2. The average Bonchev–Trinajstić information content (AvgIpc) is 2.76. The fraction of sp³-hybridized carbons (Fsp3) is 0.714. The number of hydrogen-bond donors (Lipinski definition) is 4. The maximum absolute atomic E-state index is 10.6. The first-order valence-corrected chi connectivity index (χ1v) is 3.92. The third kappa shape index (κ3) is 1.63. The molecule has 1 fully saturated rings. The third-order valence-corrected chi connectivity index (χ3v) is 2.49. The molecule has 74 valence electrons. The molecule has 1 aliphatic rings. The van der Waals surface area contributed by atoms with Crippen molar-refractivity contribution < 1.29 is 19.8 Å². The van der Waals surface area contributed by atoms with Crippen molar-refractivity contribution >= 4 is 11.9 Å². The molecule has 0 aromatic heterocycles. The van der Waals surface area contributed by atoms with Gasteiger partial charge in [0.15, 0.2) is 0 Å². The lowest BCUT2D eigenvalue weighted by Gasteiger charge is -2.03. The minimum atomic E-state index is -1.17. The van der Waals surface area contributed by atoms with E-state index in [1.807, 2.05) is 0 Å². The van der Waals surface area contributed by atoms with E-state index in [0.29, 0.717) is 0 Å². The van der Waals surface area contributed by atoms with Crippen LogP contribution in [0.5, 0.6) is 0 Å². The van der Waals surface area contributed by atoms with Crippen LogP contribution in [0.1, 0.15) is 0 Å². The van der Waals surface area contributed by atoms with Crippen LogP contribution in [-0.4, -0.2) is 34.7 Å². The molecule has 0 aromatic rings. The van der Waals surface area contributed by atoms with Crippen LogP contribution in [0.15, 0.2) is 0 Å². The lowest BCUT2D eigenvalue weighted by atomic mass is 10.1. The second-order valence-corrected chi connectivity index (χ2v) is 3.20. The van der Waals surface area contributed by atoms with E-state index in [1.165, 1.54) is 0 Å². The van der Waals surface area contributed by atoms with Crippen molar-refractivity contribution in [3.8, 4) is 0 Å². The van der Waals surface area contributed by atoms with Gasteiger partial charge in [-0.1, -0.05) is 0 Å². The number of rotatable bonds is 4. The van der Waals surface area contributed by atoms with E-state index >= 15 is 0 Å². The van der Waals surface area contributed by atoms with Crippen molar-refractivity contribution in [2.45, 2.75) is 6.04 Å². The van der Waals surface area contributed by atoms with Gasteiger partial charge in [0.1, 0.15) is 6.04 Å². The molecule has 1 rings (SSSR count). The summed E-state index contributed by atoms with van der Waals surface area (Å²) in [6, 6.07) is -1.12. The molecule has 1 saturated carbocycles. The Labute approximate surface area is 74.5 Å². The number of hydrogen-bond acceptors (Lipinski definition) is 4. The Hall–Kier alpha value is -1.14. The van der Waals surface area contributed by atoms with Gasteiger partial charge in [-0.3, -0.25) is 9.59 Å². The van der Waals surface area contributed by atoms with E-state index in [4.69, 9.17) is 21.7 Å². The maximum Gasteiger partial charge on any atom is 0.320 e. The van der Waals surface area contributed by atoms with Crippen molar-refractivity contribution in [3.05, 3.63) is 0 Å². The summed E-state index contributed by atoms with van der Waals surface area (Å²) in [5.74, 6) is -3.68. The summed E-state index contributed by atoms with van der Waals surface area (Å²) in [7, 11) is 0. The monoisotopic (exact) mass is 188 g/mol. The van der Waals surface area contributed by atoms with Crippen LogP contribution in [0.25, 0.3) is 0 Å². The summed E-state index contributed by atoms with van der Waals surface area (Å²) in [5, 5.41) is 17.2. The molecule has 1 aliphatic carbocycles. The third-order valence-electron chi connectivity index (χ3n) is 2.49. The van der Waals surface area contributed by atoms with Crippen molar-refractivity contribution in [2.24, 2.45) is 29.2 Å². The summed E-state index contributed by atoms with van der Waals surface area (Å²) >= 11 is 0. The van der Waals surface area contributed by atoms with Gasteiger partial charge in [0.05, 0.1) is 5.92 Å². The van der Waals surface area contributed by atoms with E-state index in [-0.39, 0.29) is 12.5 Å². The van der Waals surface area contributed by atoms with Crippen LogP contribution in [0, 0.1) is 17.8 Å². The summed E-state index contributed by atoms with van der Waals surface area (Å²) in [4.78, 5) is 21.0. The van der Waals surface area contributed by atoms with Crippen molar-refractivity contribution in [2.75, 3.05) is 6.54 Å². The molecule has 0 aliphatic heterocycles. The smallest absolute Gasteiger partial charge is 0.320 e. The molecule has 0 heterocycles. The Balaban J connectivity index is 2.63. The molecule has 4 atom stereocenters. The molecule has 13 heavy (non-hydrogen) atoms. The molecule has 0 bridgehead atoms. The summed E-state index contributed by atoms with van der Waals surface area (Å²) in [6.45, 7) is 0.169. The maximum atomic E-state index is 10.6. The zero-order valence-corrected chi connectivity index (χ0v) is 6.88. The highest BCUT2D eigenvalue weighted by Crippen LogP contribution is 2.47. The van der Waals surface area contributed by atoms with Gasteiger partial charge in [-0.05, 0) is 12.5 Å². The van der Waals surface area contributed by atoms with Crippen LogP contribution in [0.2, 0.25) is 0 Å². The van der Waals surface area contributed by atoms with Crippen molar-refractivity contribution in [1.82, 2.24) is 0 Å². The quantitative estimate of drug-likeness (QED) is 0.416. The number of carbonyl (C=O) groups is 2. The first-order valence-electron chi connectivity index (χ1n) is 3.92. The van der Waals surface area contributed by atoms with E-state index < -0.39 is 29.8 Å². The molecule has 0 saturated heterocycles. The molecule has 6 heteroatoms. The average molecular weight is 188 g/mol. The van der Waals surface area contributed by atoms with Gasteiger partial charge in [-0.2, -0.15) is 0 Å². The topological polar surface area (TPSA) is 127 Å². The normalized spacial score (nSPS) is 33.8. The molecule has 0 spiro atoms. The fourth-order valence-corrected chi connectivity index (χ4v) is 1.71. The molecule has 6 nitrogen and oxygen atoms in total. The summed E-state index contributed by atoms with van der Waals surface area (Å²) < 4.78 is 0. The number of carboxylic acid groups (broad SMARTS) is 2. The predicted molar refractivity (Wildman–Crippen MR) is 42.8 cm³/mol. The zero-order valence-electron chi connectivity index (χ0n) is 6.88. The fourth-order valence-electron chi connectivity index (χ4n) is 1.71. The van der Waals surface area contributed by atoms with Crippen LogP contribution in [-0.2, 0) is 9.59 Å². The van der Waals surface area contributed by atoms with E-state index in [2.05, 4.69) is 0 Å². The van der Waals surface area contributed by atoms with E-state index in [0.717, 1.165) is 0 Å². The lowest BCUT2D eigenvalue weighted by Crippen LogP contribution is -2.34. The van der Waals surface area contributed by atoms with Crippen molar-refractivity contribution in [1.29, 1.82) is 0 Å². The Kier molecular flexibility index (Phi) is 2.53. The molecule has 1 unspecified atom stereocenters. The Morgan fingerprint density at radius 1 is 1.38 bits per heavy atom. The minimum absolute atomic E-state index is 0.169. The van der Waals surface area contributed by atoms with Gasteiger partial charge >= 0.3 is 11.9 Å². The van der Waals surface area contributed by atoms with Gasteiger partial charge in [0, 0.05) is 5.92 Å². The minimum Gasteiger partial charge on any atom is -0.481 e. The Morgan fingerprint density at radius 3 is 2.15 bits per heavy atom. The van der Waals surface area contributed by atoms with Gasteiger partial charge in [-0.25, -0.2) is 0 Å². The predicted octanol–water partition coefficient (Wildman–Crippen LogP) is -1.70. The van der Waals surface area contributed by atoms with Crippen LogP contribution >= 0.6 is 0 Å². The highest BCUT2D eigenvalue weighted by Gasteiger charge is 2.58. The number of nitrogens with two attached hydrogens (primary N) is 2. The second-order valence-electron chi connectivity index (χ2n) is 3.20. The SMILES string of the molecule is NC[C@H]1[C@H](C(=O)O)[C@H]1C(N)C(=O)O. The zero-order chi connectivity index (χ0) is 10.2. The van der Waals surface area contributed by atoms with Gasteiger partial charge in [-0.15, -0.1) is 0 Å². The largest absolute Gasteiger partial charge is 0.481 e. The molecule has 6 N–H and O–H groups in total. The first-order chi connectivity index (χ1) is 6.00. The highest BCUT2D eigenvalue weighted by atomic mass is 16.4. The van der Waals surface area contributed by atoms with Crippen LogP contribution < -0.4 is 11.5 Å². The second kappa shape index (κ2) is 3.31. The van der Waals surface area contributed by atoms with Gasteiger partial charge in [0.25, 0.3) is 0 Å². The van der Waals surface area contributed by atoms with Crippen molar-refractivity contribution in [3.63, 3.8) is 0 Å². The van der Waals surface area contributed by atoms with Crippen LogP contribution in [0.4, 0.5) is 0 Å². The Bertz CT molecular complexity index is 243. The first kappa shape index (κ1) is 9.94. The van der Waals surface area contributed by atoms with E-state index in [9.17, 15) is 9.59 Å². The molecule has 0 aromatic carbocycles. The Morgan fingerprint density at radius 2 is 1.92 bits per heavy atom. The molecular weight excluding hydrogens is 176 g/mol. The highest BCUT2D eigenvalue weighted by molar-refractivity contribution is 5.80. The lowest BCUT2D eigenvalue weighted by molar-refractivity contribution is -0.140. The van der Waals surface area contributed by atoms with Crippen LogP contribution in [0.3, 0.4) is 0 Å². The standard InChI is InChI=1S/C7H12N2O4/c8-1-2-3(4(2)6(10)11)5(9)7(12)13/h2-5H,1,8-9H2,(H,10,11)(H,12,13)/t2-,3+,4+,5?/m1/s1. The summed E-state index contributed by atoms with van der Waals surface area (Å²) in [6.07, 6.45) is 0. The van der Waals surface area contributed by atoms with Gasteiger partial charge in [0.2, 0.25) is 0 Å². The summed E-state index contributed by atoms with van der Waals surface area (Å²) in [5.41, 5.74) is 10.6. The van der Waals surface area contributed by atoms with E-state index in [1.54, 1.807) is 0 Å². The number of carboxylic acids is 2. The molecule has 0 radical (unpaired) electrons.